The lowest BCUT2D eigenvalue weighted by Crippen LogP contribution is -2.34. The van der Waals surface area contributed by atoms with Gasteiger partial charge in [-0.25, -0.2) is 4.39 Å². The summed E-state index contributed by atoms with van der Waals surface area (Å²) in [4.78, 5) is 0. The van der Waals surface area contributed by atoms with Gasteiger partial charge in [0.15, 0.2) is 0 Å². The molecule has 0 bridgehead atoms. The number of benzene rings is 1. The summed E-state index contributed by atoms with van der Waals surface area (Å²) in [6.07, 6.45) is 1.77. The fraction of sp³-hybridized carbons (Fsp3) is 0.600. The van der Waals surface area contributed by atoms with E-state index in [1.54, 1.807) is 12.1 Å². The van der Waals surface area contributed by atoms with Gasteiger partial charge in [0.25, 0.3) is 0 Å². The van der Waals surface area contributed by atoms with Crippen LogP contribution in [0.15, 0.2) is 18.2 Å². The van der Waals surface area contributed by atoms with Crippen LogP contribution in [0.3, 0.4) is 0 Å². The van der Waals surface area contributed by atoms with Crippen LogP contribution < -0.4 is 5.32 Å². The van der Waals surface area contributed by atoms with Crippen molar-refractivity contribution in [3.8, 4) is 0 Å². The summed E-state index contributed by atoms with van der Waals surface area (Å²) in [5.41, 5.74) is 0.699. The molecule has 0 saturated carbocycles. The van der Waals surface area contributed by atoms with Crippen LogP contribution in [0.1, 0.15) is 32.8 Å². The predicted octanol–water partition coefficient (Wildman–Crippen LogP) is 4.53. The Labute approximate surface area is 125 Å². The molecule has 1 nitrogen and oxygen atoms in total. The molecule has 108 valence electrons. The summed E-state index contributed by atoms with van der Waals surface area (Å²) in [6, 6.07) is 5.07. The number of nitrogens with one attached hydrogen (secondary N) is 1. The Morgan fingerprint density at radius 2 is 2.11 bits per heavy atom. The van der Waals surface area contributed by atoms with Crippen LogP contribution in [0.5, 0.6) is 0 Å². The van der Waals surface area contributed by atoms with Gasteiger partial charge in [-0.3, -0.25) is 0 Å². The third-order valence-corrected chi connectivity index (χ3v) is 4.28. The van der Waals surface area contributed by atoms with Gasteiger partial charge in [-0.2, -0.15) is 11.8 Å². The summed E-state index contributed by atoms with van der Waals surface area (Å²) < 4.78 is 13.8. The van der Waals surface area contributed by atoms with E-state index in [1.807, 2.05) is 11.8 Å². The Bertz CT molecular complexity index is 384. The smallest absolute Gasteiger partial charge is 0.126 e. The number of rotatable bonds is 8. The summed E-state index contributed by atoms with van der Waals surface area (Å²) in [6.45, 7) is 7.47. The molecule has 1 atom stereocenters. The van der Waals surface area contributed by atoms with Gasteiger partial charge < -0.3 is 5.32 Å². The van der Waals surface area contributed by atoms with Gasteiger partial charge >= 0.3 is 0 Å². The lowest BCUT2D eigenvalue weighted by molar-refractivity contribution is 0.530. The van der Waals surface area contributed by atoms with Gasteiger partial charge in [0.1, 0.15) is 5.82 Å². The first-order valence-electron chi connectivity index (χ1n) is 6.81. The molecule has 0 amide bonds. The van der Waals surface area contributed by atoms with Gasteiger partial charge in [-0.05, 0) is 48.4 Å². The fourth-order valence-corrected chi connectivity index (χ4v) is 2.86. The van der Waals surface area contributed by atoms with Crippen molar-refractivity contribution in [3.63, 3.8) is 0 Å². The third-order valence-electron chi connectivity index (χ3n) is 2.79. The molecule has 1 rings (SSSR count). The van der Waals surface area contributed by atoms with E-state index in [2.05, 4.69) is 26.1 Å². The molecular weight excluding hydrogens is 281 g/mol. The first-order chi connectivity index (χ1) is 9.02. The molecule has 19 heavy (non-hydrogen) atoms. The highest BCUT2D eigenvalue weighted by atomic mass is 35.5. The zero-order valence-electron chi connectivity index (χ0n) is 11.9. The monoisotopic (exact) mass is 303 g/mol. The Morgan fingerprint density at radius 1 is 1.37 bits per heavy atom. The standard InChI is InChI=1S/C15H23ClFNS/c1-4-7-18-14(10-19-11(2)3)9-12-8-13(16)5-6-15(12)17/h5-6,8,11,14,18H,4,7,9-10H2,1-3H3. The normalized spacial score (nSPS) is 12.9. The van der Waals surface area contributed by atoms with Crippen molar-refractivity contribution in [2.24, 2.45) is 0 Å². The van der Waals surface area contributed by atoms with Crippen LogP contribution in [0.25, 0.3) is 0 Å². The fourth-order valence-electron chi connectivity index (χ4n) is 1.81. The summed E-state index contributed by atoms with van der Waals surface area (Å²) in [7, 11) is 0. The lowest BCUT2D eigenvalue weighted by atomic mass is 10.1. The average Bonchev–Trinajstić information content (AvgIpc) is 2.36. The minimum absolute atomic E-state index is 0.165. The van der Waals surface area contributed by atoms with Crippen molar-refractivity contribution < 1.29 is 4.39 Å². The largest absolute Gasteiger partial charge is 0.313 e. The zero-order chi connectivity index (χ0) is 14.3. The van der Waals surface area contributed by atoms with E-state index in [4.69, 9.17) is 11.6 Å². The summed E-state index contributed by atoms with van der Waals surface area (Å²) in [5, 5.41) is 4.68. The van der Waals surface area contributed by atoms with Crippen molar-refractivity contribution in [2.75, 3.05) is 12.3 Å². The topological polar surface area (TPSA) is 12.0 Å². The van der Waals surface area contributed by atoms with Crippen molar-refractivity contribution in [2.45, 2.75) is 44.9 Å². The molecule has 0 saturated heterocycles. The molecule has 1 unspecified atom stereocenters. The highest BCUT2D eigenvalue weighted by Crippen LogP contribution is 2.19. The molecule has 0 heterocycles. The van der Waals surface area contributed by atoms with E-state index in [1.165, 1.54) is 6.07 Å². The first kappa shape index (κ1) is 16.8. The Morgan fingerprint density at radius 3 is 2.74 bits per heavy atom. The number of halogens is 2. The van der Waals surface area contributed by atoms with Gasteiger partial charge in [-0.1, -0.05) is 32.4 Å². The minimum atomic E-state index is -0.165. The van der Waals surface area contributed by atoms with Crippen LogP contribution >= 0.6 is 23.4 Å². The lowest BCUT2D eigenvalue weighted by Gasteiger charge is -2.20. The summed E-state index contributed by atoms with van der Waals surface area (Å²) >= 11 is 7.84. The molecule has 1 N–H and O–H groups in total. The van der Waals surface area contributed by atoms with Crippen molar-refractivity contribution >= 4 is 23.4 Å². The van der Waals surface area contributed by atoms with Gasteiger partial charge in [-0.15, -0.1) is 0 Å². The quantitative estimate of drug-likeness (QED) is 0.757. The van der Waals surface area contributed by atoms with Crippen LogP contribution in [0.4, 0.5) is 4.39 Å². The molecule has 0 aliphatic heterocycles. The second-order valence-corrected chi connectivity index (χ2v) is 7.02. The van der Waals surface area contributed by atoms with E-state index in [9.17, 15) is 4.39 Å². The molecule has 0 aliphatic carbocycles. The van der Waals surface area contributed by atoms with Gasteiger partial charge in [0.2, 0.25) is 0 Å². The number of hydrogen-bond acceptors (Lipinski definition) is 2. The second kappa shape index (κ2) is 8.83. The third kappa shape index (κ3) is 6.64. The number of thioether (sulfide) groups is 1. The van der Waals surface area contributed by atoms with Crippen molar-refractivity contribution in [1.82, 2.24) is 5.32 Å². The van der Waals surface area contributed by atoms with Crippen molar-refractivity contribution in [1.29, 1.82) is 0 Å². The maximum absolute atomic E-state index is 13.8. The zero-order valence-corrected chi connectivity index (χ0v) is 13.5. The summed E-state index contributed by atoms with van der Waals surface area (Å²) in [5.74, 6) is 0.825. The molecular formula is C15H23ClFNS. The maximum atomic E-state index is 13.8. The molecule has 0 radical (unpaired) electrons. The van der Waals surface area contributed by atoms with Crippen LogP contribution in [0, 0.1) is 5.82 Å². The highest BCUT2D eigenvalue weighted by molar-refractivity contribution is 7.99. The molecule has 1 aromatic carbocycles. The maximum Gasteiger partial charge on any atom is 0.126 e. The van der Waals surface area contributed by atoms with Crippen LogP contribution in [-0.4, -0.2) is 23.6 Å². The predicted molar refractivity (Wildman–Crippen MR) is 84.8 cm³/mol. The Hall–Kier alpha value is -0.250. The van der Waals surface area contributed by atoms with E-state index < -0.39 is 0 Å². The van der Waals surface area contributed by atoms with Crippen LogP contribution in [-0.2, 0) is 6.42 Å². The molecule has 0 spiro atoms. The molecule has 0 aromatic heterocycles. The highest BCUT2D eigenvalue weighted by Gasteiger charge is 2.13. The molecule has 0 aliphatic rings. The van der Waals surface area contributed by atoms with E-state index in [-0.39, 0.29) is 5.82 Å². The number of hydrogen-bond donors (Lipinski definition) is 1. The molecule has 1 aromatic rings. The second-order valence-electron chi connectivity index (χ2n) is 4.97. The molecule has 0 fully saturated rings. The van der Waals surface area contributed by atoms with Crippen molar-refractivity contribution in [3.05, 3.63) is 34.6 Å². The van der Waals surface area contributed by atoms with Crippen LogP contribution in [0.2, 0.25) is 5.02 Å². The average molecular weight is 304 g/mol. The van der Waals surface area contributed by atoms with Gasteiger partial charge in [0.05, 0.1) is 0 Å². The van der Waals surface area contributed by atoms with E-state index in [0.717, 1.165) is 18.7 Å². The Balaban J connectivity index is 2.66. The van der Waals surface area contributed by atoms with E-state index >= 15 is 0 Å². The Kier molecular flexibility index (Phi) is 7.81. The first-order valence-corrected chi connectivity index (χ1v) is 8.24. The molecule has 4 heteroatoms. The minimum Gasteiger partial charge on any atom is -0.313 e. The van der Waals surface area contributed by atoms with Gasteiger partial charge in [0, 0.05) is 16.8 Å². The SMILES string of the molecule is CCCNC(CSC(C)C)Cc1cc(Cl)ccc1F. The van der Waals surface area contributed by atoms with E-state index in [0.29, 0.717) is 28.3 Å².